The lowest BCUT2D eigenvalue weighted by molar-refractivity contribution is 0.979. The molecule has 0 saturated heterocycles. The lowest BCUT2D eigenvalue weighted by Gasteiger charge is -2.27. The quantitative estimate of drug-likeness (QED) is 0.899. The van der Waals surface area contributed by atoms with Crippen LogP contribution < -0.4 is 10.2 Å². The van der Waals surface area contributed by atoms with Crippen LogP contribution >= 0.6 is 23.2 Å². The lowest BCUT2D eigenvalue weighted by atomic mass is 9.98. The van der Waals surface area contributed by atoms with Crippen molar-refractivity contribution in [1.29, 1.82) is 0 Å². The van der Waals surface area contributed by atoms with Gasteiger partial charge in [-0.2, -0.15) is 4.98 Å². The van der Waals surface area contributed by atoms with Crippen LogP contribution in [0.15, 0.2) is 29.4 Å². The summed E-state index contributed by atoms with van der Waals surface area (Å²) in [5, 5.41) is 4.37. The zero-order valence-corrected chi connectivity index (χ0v) is 14.6. The van der Waals surface area contributed by atoms with E-state index in [1.54, 1.807) is 6.07 Å². The van der Waals surface area contributed by atoms with E-state index in [1.165, 1.54) is 0 Å². The van der Waals surface area contributed by atoms with E-state index >= 15 is 0 Å². The van der Waals surface area contributed by atoms with E-state index in [1.807, 2.05) is 31.3 Å². The Hall–Kier alpha value is -2.11. The SMILES string of the molecule is CCNc1ncc2c(n1)N1CCN=C1C(c1ccc(Cl)cc1Cl)=C2. The molecule has 2 aliphatic rings. The second-order valence-corrected chi connectivity index (χ2v) is 6.39. The maximum atomic E-state index is 6.41. The third-order valence-corrected chi connectivity index (χ3v) is 4.54. The van der Waals surface area contributed by atoms with E-state index in [4.69, 9.17) is 23.2 Å². The average molecular weight is 360 g/mol. The highest BCUT2D eigenvalue weighted by molar-refractivity contribution is 6.41. The zero-order valence-electron chi connectivity index (χ0n) is 13.1. The van der Waals surface area contributed by atoms with Gasteiger partial charge >= 0.3 is 0 Å². The Kier molecular flexibility index (Phi) is 3.90. The fraction of sp³-hybridized carbons (Fsp3) is 0.235. The van der Waals surface area contributed by atoms with Crippen molar-refractivity contribution in [2.24, 2.45) is 4.99 Å². The van der Waals surface area contributed by atoms with Crippen LogP contribution in [0.3, 0.4) is 0 Å². The van der Waals surface area contributed by atoms with Gasteiger partial charge in [-0.25, -0.2) is 4.98 Å². The van der Waals surface area contributed by atoms with Crippen molar-refractivity contribution in [3.63, 3.8) is 0 Å². The molecule has 7 heteroatoms. The molecule has 2 aliphatic heterocycles. The van der Waals surface area contributed by atoms with E-state index < -0.39 is 0 Å². The zero-order chi connectivity index (χ0) is 16.7. The molecule has 0 saturated carbocycles. The fourth-order valence-electron chi connectivity index (χ4n) is 2.95. The van der Waals surface area contributed by atoms with E-state index in [9.17, 15) is 0 Å². The number of hydrogen-bond acceptors (Lipinski definition) is 5. The smallest absolute Gasteiger partial charge is 0.224 e. The number of hydrogen-bond donors (Lipinski definition) is 1. The van der Waals surface area contributed by atoms with Crippen molar-refractivity contribution >= 4 is 52.5 Å². The number of benzene rings is 1. The van der Waals surface area contributed by atoms with Crippen LogP contribution in [-0.2, 0) is 0 Å². The molecule has 2 aromatic rings. The van der Waals surface area contributed by atoms with Crippen molar-refractivity contribution in [3.05, 3.63) is 45.6 Å². The minimum atomic E-state index is 0.608. The number of nitrogens with zero attached hydrogens (tertiary/aromatic N) is 4. The van der Waals surface area contributed by atoms with Crippen molar-refractivity contribution in [1.82, 2.24) is 9.97 Å². The van der Waals surface area contributed by atoms with Crippen LogP contribution in [0.25, 0.3) is 11.6 Å². The second kappa shape index (κ2) is 6.07. The first-order chi connectivity index (χ1) is 11.7. The molecule has 24 heavy (non-hydrogen) atoms. The normalized spacial score (nSPS) is 15.5. The summed E-state index contributed by atoms with van der Waals surface area (Å²) in [5.74, 6) is 2.41. The summed E-state index contributed by atoms with van der Waals surface area (Å²) in [6.45, 7) is 4.33. The number of amidine groups is 1. The predicted molar refractivity (Wildman–Crippen MR) is 100 cm³/mol. The minimum Gasteiger partial charge on any atom is -0.354 e. The third kappa shape index (κ3) is 2.54. The van der Waals surface area contributed by atoms with Gasteiger partial charge in [0.15, 0.2) is 0 Å². The first-order valence-corrected chi connectivity index (χ1v) is 8.53. The highest BCUT2D eigenvalue weighted by atomic mass is 35.5. The van der Waals surface area contributed by atoms with Crippen LogP contribution in [0, 0.1) is 0 Å². The van der Waals surface area contributed by atoms with Crippen LogP contribution in [0.4, 0.5) is 11.8 Å². The van der Waals surface area contributed by atoms with Crippen LogP contribution in [-0.4, -0.2) is 35.4 Å². The van der Waals surface area contributed by atoms with Gasteiger partial charge in [-0.05, 0) is 25.1 Å². The van der Waals surface area contributed by atoms with Gasteiger partial charge in [0.05, 0.1) is 11.6 Å². The fourth-order valence-corrected chi connectivity index (χ4v) is 3.46. The lowest BCUT2D eigenvalue weighted by Crippen LogP contribution is -2.32. The molecule has 0 bridgehead atoms. The monoisotopic (exact) mass is 359 g/mol. The molecule has 1 aromatic carbocycles. The van der Waals surface area contributed by atoms with Gasteiger partial charge in [-0.1, -0.05) is 29.3 Å². The Balaban J connectivity index is 1.86. The molecule has 1 N–H and O–H groups in total. The Morgan fingerprint density at radius 3 is 2.96 bits per heavy atom. The standard InChI is InChI=1S/C17H15Cl2N5/c1-2-20-17-22-9-10-7-13(12-4-3-11(18)8-14(12)19)16-21-5-6-24(16)15(10)23-17/h3-4,7-9H,2,5-6H2,1H3,(H,20,22,23). The Morgan fingerprint density at radius 2 is 2.17 bits per heavy atom. The average Bonchev–Trinajstić information content (AvgIpc) is 3.05. The molecule has 0 amide bonds. The molecule has 3 heterocycles. The van der Waals surface area contributed by atoms with Gasteiger partial charge in [-0.15, -0.1) is 0 Å². The summed E-state index contributed by atoms with van der Waals surface area (Å²) >= 11 is 12.4. The molecule has 0 atom stereocenters. The Bertz CT molecular complexity index is 875. The number of halogens is 2. The Morgan fingerprint density at radius 1 is 1.29 bits per heavy atom. The Labute approximate surface area is 150 Å². The molecule has 122 valence electrons. The first-order valence-electron chi connectivity index (χ1n) is 7.77. The number of nitrogens with one attached hydrogen (secondary N) is 1. The highest BCUT2D eigenvalue weighted by Gasteiger charge is 2.31. The molecular formula is C17H15Cl2N5. The molecule has 5 nitrogen and oxygen atoms in total. The van der Waals surface area contributed by atoms with Crippen molar-refractivity contribution in [3.8, 4) is 0 Å². The number of anilines is 2. The van der Waals surface area contributed by atoms with Crippen LogP contribution in [0.1, 0.15) is 18.1 Å². The molecule has 0 radical (unpaired) electrons. The molecule has 0 spiro atoms. The van der Waals surface area contributed by atoms with Crippen molar-refractivity contribution in [2.45, 2.75) is 6.92 Å². The third-order valence-electron chi connectivity index (χ3n) is 3.99. The highest BCUT2D eigenvalue weighted by Crippen LogP contribution is 2.37. The van der Waals surface area contributed by atoms with E-state index in [0.717, 1.165) is 48.0 Å². The summed E-state index contributed by atoms with van der Waals surface area (Å²) in [6.07, 6.45) is 3.88. The maximum absolute atomic E-state index is 6.41. The molecule has 1 aromatic heterocycles. The van der Waals surface area contributed by atoms with Gasteiger partial charge in [0.25, 0.3) is 0 Å². The predicted octanol–water partition coefficient (Wildman–Crippen LogP) is 3.99. The second-order valence-electron chi connectivity index (χ2n) is 5.54. The summed E-state index contributed by atoms with van der Waals surface area (Å²) < 4.78 is 0. The molecule has 4 rings (SSSR count). The molecule has 0 unspecified atom stereocenters. The van der Waals surface area contributed by atoms with Crippen LogP contribution in [0.5, 0.6) is 0 Å². The number of aromatic nitrogens is 2. The maximum Gasteiger partial charge on any atom is 0.224 e. The van der Waals surface area contributed by atoms with E-state index in [-0.39, 0.29) is 0 Å². The largest absolute Gasteiger partial charge is 0.354 e. The van der Waals surface area contributed by atoms with Gasteiger partial charge in [0.1, 0.15) is 11.7 Å². The summed E-state index contributed by atoms with van der Waals surface area (Å²) in [5.41, 5.74) is 2.84. The topological polar surface area (TPSA) is 53.4 Å². The van der Waals surface area contributed by atoms with Gasteiger partial charge < -0.3 is 10.2 Å². The van der Waals surface area contributed by atoms with Gasteiger partial charge in [-0.3, -0.25) is 4.99 Å². The molecule has 0 aliphatic carbocycles. The van der Waals surface area contributed by atoms with Crippen LogP contribution in [0.2, 0.25) is 10.0 Å². The van der Waals surface area contributed by atoms with Crippen molar-refractivity contribution in [2.75, 3.05) is 29.9 Å². The number of fused-ring (bicyclic) bond motifs is 3. The molecular weight excluding hydrogens is 345 g/mol. The summed E-state index contributed by atoms with van der Waals surface area (Å²) in [6, 6.07) is 5.51. The van der Waals surface area contributed by atoms with Crippen molar-refractivity contribution < 1.29 is 0 Å². The van der Waals surface area contributed by atoms with E-state index in [0.29, 0.717) is 16.0 Å². The van der Waals surface area contributed by atoms with Gasteiger partial charge in [0, 0.05) is 41.0 Å². The minimum absolute atomic E-state index is 0.608. The summed E-state index contributed by atoms with van der Waals surface area (Å²) in [7, 11) is 0. The first kappa shape index (κ1) is 15.4. The number of aliphatic imine (C=N–C) groups is 1. The summed E-state index contributed by atoms with van der Waals surface area (Å²) in [4.78, 5) is 15.8. The van der Waals surface area contributed by atoms with E-state index in [2.05, 4.69) is 25.2 Å². The molecule has 0 fully saturated rings. The number of rotatable bonds is 3. The van der Waals surface area contributed by atoms with Gasteiger partial charge in [0.2, 0.25) is 5.95 Å².